The Bertz CT molecular complexity index is 2010. The third kappa shape index (κ3) is 8.95. The number of rotatable bonds is 13. The van der Waals surface area contributed by atoms with Gasteiger partial charge in [0, 0.05) is 61.8 Å². The molecule has 4 aromatic rings. The van der Waals surface area contributed by atoms with Gasteiger partial charge in [0.05, 0.1) is 40.6 Å². The first-order chi connectivity index (χ1) is 27.0. The lowest BCUT2D eigenvalue weighted by atomic mass is 9.91. The number of nitrogens with zero attached hydrogens (tertiary/aromatic N) is 4. The number of morpholine rings is 2. The van der Waals surface area contributed by atoms with E-state index in [0.29, 0.717) is 60.1 Å². The van der Waals surface area contributed by atoms with Crippen LogP contribution in [0, 0.1) is 13.8 Å². The van der Waals surface area contributed by atoms with Crippen molar-refractivity contribution in [3.8, 4) is 22.6 Å². The number of aliphatic carboxylic acids is 2. The Labute approximate surface area is 323 Å². The van der Waals surface area contributed by atoms with Crippen LogP contribution in [0.25, 0.3) is 34.9 Å². The molecule has 0 bridgehead atoms. The van der Waals surface area contributed by atoms with E-state index in [1.165, 1.54) is 50.9 Å². The fourth-order valence-corrected chi connectivity index (χ4v) is 6.98. The van der Waals surface area contributed by atoms with Crippen LogP contribution in [0.1, 0.15) is 44.8 Å². The van der Waals surface area contributed by atoms with Crippen molar-refractivity contribution in [3.05, 3.63) is 106 Å². The average molecular weight is 771 g/mol. The smallest absolute Gasteiger partial charge is 0.323 e. The SMILES string of the molecule is COc1cc(/C(F)=C/c2cccc(-c3cccc(/C=C(\F)c4cc(OC)c(CN5CCOC[C@H]5C(=O)O)cn4)c3C)c2C)ncc1CN1CCOC[C@H]1C(=O)O. The van der Waals surface area contributed by atoms with E-state index in [1.807, 2.05) is 38.1 Å². The zero-order valence-corrected chi connectivity index (χ0v) is 31.6. The molecule has 294 valence electrons. The van der Waals surface area contributed by atoms with Crippen molar-refractivity contribution in [2.24, 2.45) is 0 Å². The van der Waals surface area contributed by atoms with Gasteiger partial charge < -0.3 is 29.2 Å². The van der Waals surface area contributed by atoms with Crippen LogP contribution >= 0.6 is 0 Å². The van der Waals surface area contributed by atoms with E-state index in [9.17, 15) is 19.8 Å². The molecule has 2 fully saturated rings. The number of methoxy groups -OCH3 is 2. The summed E-state index contributed by atoms with van der Waals surface area (Å²) in [6.45, 7) is 6.11. The predicted octanol–water partition coefficient (Wildman–Crippen LogP) is 6.28. The lowest BCUT2D eigenvalue weighted by Crippen LogP contribution is -2.49. The van der Waals surface area contributed by atoms with E-state index in [0.717, 1.165) is 22.3 Å². The molecule has 0 spiro atoms. The summed E-state index contributed by atoms with van der Waals surface area (Å²) in [4.78, 5) is 35.7. The largest absolute Gasteiger partial charge is 0.496 e. The van der Waals surface area contributed by atoms with E-state index in [1.54, 1.807) is 21.9 Å². The van der Waals surface area contributed by atoms with E-state index in [4.69, 9.17) is 18.9 Å². The Morgan fingerprint density at radius 2 is 1.16 bits per heavy atom. The molecule has 2 saturated heterocycles. The molecule has 2 aromatic heterocycles. The van der Waals surface area contributed by atoms with E-state index in [2.05, 4.69) is 9.97 Å². The molecule has 12 nitrogen and oxygen atoms in total. The molecule has 6 rings (SSSR count). The molecule has 0 aliphatic carbocycles. The van der Waals surface area contributed by atoms with Crippen molar-refractivity contribution in [3.63, 3.8) is 0 Å². The summed E-state index contributed by atoms with van der Waals surface area (Å²) < 4.78 is 53.5. The van der Waals surface area contributed by atoms with E-state index in [-0.39, 0.29) is 37.7 Å². The number of hydrogen-bond donors (Lipinski definition) is 2. The van der Waals surface area contributed by atoms with Gasteiger partial charge >= 0.3 is 11.9 Å². The Morgan fingerprint density at radius 3 is 1.54 bits per heavy atom. The van der Waals surface area contributed by atoms with Gasteiger partial charge in [0.25, 0.3) is 0 Å². The first-order valence-corrected chi connectivity index (χ1v) is 18.1. The molecule has 56 heavy (non-hydrogen) atoms. The number of halogens is 2. The fourth-order valence-electron chi connectivity index (χ4n) is 6.98. The summed E-state index contributed by atoms with van der Waals surface area (Å²) in [7, 11) is 2.94. The fraction of sp³-hybridized carbons (Fsp3) is 0.333. The van der Waals surface area contributed by atoms with Crippen LogP contribution in [-0.4, -0.2) is 108 Å². The number of pyridine rings is 2. The maximum atomic E-state index is 15.8. The van der Waals surface area contributed by atoms with Gasteiger partial charge in [0.15, 0.2) is 0 Å². The van der Waals surface area contributed by atoms with Crippen LogP contribution in [0.3, 0.4) is 0 Å². The zero-order chi connectivity index (χ0) is 39.9. The Kier molecular flexibility index (Phi) is 12.9. The van der Waals surface area contributed by atoms with Gasteiger partial charge in [-0.1, -0.05) is 36.4 Å². The summed E-state index contributed by atoms with van der Waals surface area (Å²) >= 11 is 0. The zero-order valence-electron chi connectivity index (χ0n) is 31.6. The number of carboxylic acids is 2. The monoisotopic (exact) mass is 770 g/mol. The molecule has 0 radical (unpaired) electrons. The quantitative estimate of drug-likeness (QED) is 0.158. The van der Waals surface area contributed by atoms with Crippen LogP contribution in [-0.2, 0) is 32.2 Å². The van der Waals surface area contributed by atoms with E-state index < -0.39 is 35.7 Å². The molecular weight excluding hydrogens is 726 g/mol. The Balaban J connectivity index is 1.22. The molecular formula is C42H44F2N4O8. The molecule has 0 unspecified atom stereocenters. The molecule has 0 amide bonds. The normalized spacial score (nSPS) is 18.5. The van der Waals surface area contributed by atoms with Crippen molar-refractivity contribution < 1.29 is 47.5 Å². The second-order valence-electron chi connectivity index (χ2n) is 13.6. The lowest BCUT2D eigenvalue weighted by Gasteiger charge is -2.32. The summed E-state index contributed by atoms with van der Waals surface area (Å²) in [6, 6.07) is 12.5. The molecule has 2 aliphatic rings. The highest BCUT2D eigenvalue weighted by atomic mass is 19.1. The van der Waals surface area contributed by atoms with Crippen molar-refractivity contribution in [1.29, 1.82) is 0 Å². The first-order valence-electron chi connectivity index (χ1n) is 18.1. The van der Waals surface area contributed by atoms with Gasteiger partial charge in [-0.15, -0.1) is 0 Å². The maximum absolute atomic E-state index is 15.8. The summed E-state index contributed by atoms with van der Waals surface area (Å²) in [5.74, 6) is -2.35. The van der Waals surface area contributed by atoms with Crippen LogP contribution < -0.4 is 9.47 Å². The highest BCUT2D eigenvalue weighted by Gasteiger charge is 2.31. The lowest BCUT2D eigenvalue weighted by molar-refractivity contribution is -0.151. The minimum atomic E-state index is -0.981. The molecule has 2 aromatic carbocycles. The van der Waals surface area contributed by atoms with Crippen molar-refractivity contribution in [2.75, 3.05) is 53.7 Å². The van der Waals surface area contributed by atoms with Gasteiger partial charge in [-0.2, -0.15) is 0 Å². The molecule has 14 heteroatoms. The molecule has 0 saturated carbocycles. The van der Waals surface area contributed by atoms with E-state index >= 15 is 8.78 Å². The minimum Gasteiger partial charge on any atom is -0.496 e. The first kappa shape index (κ1) is 40.1. The number of benzene rings is 2. The van der Waals surface area contributed by atoms with Gasteiger partial charge in [-0.3, -0.25) is 29.4 Å². The predicted molar refractivity (Wildman–Crippen MR) is 206 cm³/mol. The summed E-state index contributed by atoms with van der Waals surface area (Å²) in [5.41, 5.74) is 5.91. The Morgan fingerprint density at radius 1 is 0.750 bits per heavy atom. The highest BCUT2D eigenvalue weighted by Crippen LogP contribution is 2.34. The molecule has 4 heterocycles. The van der Waals surface area contributed by atoms with Gasteiger partial charge in [0.1, 0.15) is 46.6 Å². The second-order valence-corrected chi connectivity index (χ2v) is 13.6. The van der Waals surface area contributed by atoms with Crippen LogP contribution in [0.2, 0.25) is 0 Å². The number of hydrogen-bond acceptors (Lipinski definition) is 10. The second kappa shape index (κ2) is 17.9. The third-order valence-electron chi connectivity index (χ3n) is 10.2. The van der Waals surface area contributed by atoms with Gasteiger partial charge in [0.2, 0.25) is 0 Å². The van der Waals surface area contributed by atoms with Crippen molar-refractivity contribution >= 4 is 35.7 Å². The number of ether oxygens (including phenoxy) is 4. The van der Waals surface area contributed by atoms with Crippen LogP contribution in [0.15, 0.2) is 60.9 Å². The summed E-state index contributed by atoms with van der Waals surface area (Å²) in [5, 5.41) is 19.2. The average Bonchev–Trinajstić information content (AvgIpc) is 3.20. The van der Waals surface area contributed by atoms with Crippen molar-refractivity contribution in [1.82, 2.24) is 19.8 Å². The molecule has 2 atom stereocenters. The van der Waals surface area contributed by atoms with Crippen LogP contribution in [0.5, 0.6) is 11.5 Å². The molecule has 2 N–H and O–H groups in total. The third-order valence-corrected chi connectivity index (χ3v) is 10.2. The number of carbonyl (C=O) groups is 2. The van der Waals surface area contributed by atoms with Gasteiger partial charge in [-0.05, 0) is 59.4 Å². The number of carboxylic acid groups (broad SMARTS) is 2. The standard InChI is InChI=1S/C42H44F2N4O8/c1-25-27(15-33(43)35-17-39(53-3)29(19-45-35)21-47-11-13-55-23-37(47)41(49)50)7-5-9-31(25)32-10-6-8-28(26(32)2)16-34(44)36-18-40(54-4)30(20-46-36)22-48-12-14-56-24-38(48)42(51)52/h5-10,15-20,37-38H,11-14,21-24H2,1-4H3,(H,49,50)(H,51,52)/b33-15-,34-16-/t37-,38-/m0/s1. The topological polar surface area (TPSA) is 144 Å². The maximum Gasteiger partial charge on any atom is 0.323 e. The highest BCUT2D eigenvalue weighted by molar-refractivity contribution is 5.84. The van der Waals surface area contributed by atoms with Gasteiger partial charge in [-0.25, -0.2) is 8.78 Å². The Hall–Kier alpha value is -5.54. The summed E-state index contributed by atoms with van der Waals surface area (Å²) in [6.07, 6.45) is 5.82. The van der Waals surface area contributed by atoms with Crippen molar-refractivity contribution in [2.45, 2.75) is 39.0 Å². The minimum absolute atomic E-state index is 0.0646. The number of aromatic nitrogens is 2. The molecule has 2 aliphatic heterocycles. The van der Waals surface area contributed by atoms with Crippen LogP contribution in [0.4, 0.5) is 8.78 Å².